The number of nitroso groups, excluding NO2 is 1. The summed E-state index contributed by atoms with van der Waals surface area (Å²) in [5.74, 6) is 0.836. The van der Waals surface area contributed by atoms with Crippen molar-refractivity contribution < 1.29 is 0 Å². The van der Waals surface area contributed by atoms with Crippen molar-refractivity contribution in [2.75, 3.05) is 0 Å². The molecule has 46 valence electrons. The third-order valence-electron chi connectivity index (χ3n) is 1.55. The summed E-state index contributed by atoms with van der Waals surface area (Å²) in [6.07, 6.45) is 3.66. The predicted molar refractivity (Wildman–Crippen MR) is 32.6 cm³/mol. The second kappa shape index (κ2) is 2.25. The maximum Gasteiger partial charge on any atom is 0.0894 e. The molecule has 0 heterocycles. The van der Waals surface area contributed by atoms with Gasteiger partial charge in [-0.2, -0.15) is 4.91 Å². The van der Waals surface area contributed by atoms with E-state index >= 15 is 0 Å². The molecule has 0 spiro atoms. The molecular formula is C6H11NO. The highest BCUT2D eigenvalue weighted by molar-refractivity contribution is 4.77. The van der Waals surface area contributed by atoms with Gasteiger partial charge in [0.25, 0.3) is 0 Å². The van der Waals surface area contributed by atoms with E-state index in [2.05, 4.69) is 5.18 Å². The molecule has 0 radical (unpaired) electrons. The van der Waals surface area contributed by atoms with Crippen molar-refractivity contribution in [3.8, 4) is 0 Å². The van der Waals surface area contributed by atoms with Crippen LogP contribution < -0.4 is 0 Å². The summed E-state index contributed by atoms with van der Waals surface area (Å²) in [4.78, 5) is 9.82. The van der Waals surface area contributed by atoms with E-state index in [0.717, 1.165) is 12.3 Å². The molecule has 0 amide bonds. The smallest absolute Gasteiger partial charge is 0.0894 e. The summed E-state index contributed by atoms with van der Waals surface area (Å²) in [6, 6.07) is 0.0579. The summed E-state index contributed by atoms with van der Waals surface area (Å²) in [5, 5.41) is 2.92. The van der Waals surface area contributed by atoms with Crippen LogP contribution in [0.4, 0.5) is 0 Å². The minimum absolute atomic E-state index is 0.0579. The normalized spacial score (nSPS) is 22.6. The van der Waals surface area contributed by atoms with E-state index < -0.39 is 0 Å². The highest BCUT2D eigenvalue weighted by Gasteiger charge is 2.23. The summed E-state index contributed by atoms with van der Waals surface area (Å²) in [5.41, 5.74) is 0. The zero-order valence-corrected chi connectivity index (χ0v) is 5.13. The Morgan fingerprint density at radius 1 is 1.75 bits per heavy atom. The highest BCUT2D eigenvalue weighted by atomic mass is 16.3. The predicted octanol–water partition coefficient (Wildman–Crippen LogP) is 1.94. The maximum atomic E-state index is 9.82. The van der Waals surface area contributed by atoms with Crippen LogP contribution in [0.3, 0.4) is 0 Å². The van der Waals surface area contributed by atoms with Gasteiger partial charge in [0.2, 0.25) is 0 Å². The van der Waals surface area contributed by atoms with Crippen molar-refractivity contribution in [2.45, 2.75) is 32.2 Å². The Morgan fingerprint density at radius 3 is 2.75 bits per heavy atom. The lowest BCUT2D eigenvalue weighted by molar-refractivity contribution is 0.609. The van der Waals surface area contributed by atoms with Crippen LogP contribution in [-0.2, 0) is 0 Å². The number of hydrogen-bond acceptors (Lipinski definition) is 2. The van der Waals surface area contributed by atoms with Crippen molar-refractivity contribution in [1.82, 2.24) is 0 Å². The Hall–Kier alpha value is -0.400. The van der Waals surface area contributed by atoms with Gasteiger partial charge < -0.3 is 0 Å². The molecule has 0 aromatic heterocycles. The van der Waals surface area contributed by atoms with Gasteiger partial charge >= 0.3 is 0 Å². The molecule has 1 atom stereocenters. The van der Waals surface area contributed by atoms with Gasteiger partial charge in [-0.1, -0.05) is 18.0 Å². The minimum atomic E-state index is 0.0579. The van der Waals surface area contributed by atoms with E-state index in [-0.39, 0.29) is 6.04 Å². The second-order valence-corrected chi connectivity index (χ2v) is 2.63. The third-order valence-corrected chi connectivity index (χ3v) is 1.55. The lowest BCUT2D eigenvalue weighted by atomic mass is 10.2. The number of nitrogens with zero attached hydrogens (tertiary/aromatic N) is 1. The summed E-state index contributed by atoms with van der Waals surface area (Å²) >= 11 is 0. The fourth-order valence-electron chi connectivity index (χ4n) is 0.879. The zero-order chi connectivity index (χ0) is 5.98. The first-order valence-electron chi connectivity index (χ1n) is 3.15. The van der Waals surface area contributed by atoms with Crippen LogP contribution in [-0.4, -0.2) is 6.04 Å². The van der Waals surface area contributed by atoms with Crippen LogP contribution >= 0.6 is 0 Å². The molecule has 1 aliphatic carbocycles. The SMILES string of the molecule is CC(CC1CC1)N=O. The largest absolute Gasteiger partial charge is 0.151 e. The monoisotopic (exact) mass is 113 g/mol. The van der Waals surface area contributed by atoms with Gasteiger partial charge in [-0.3, -0.25) is 0 Å². The van der Waals surface area contributed by atoms with Crippen LogP contribution in [0.2, 0.25) is 0 Å². The van der Waals surface area contributed by atoms with Gasteiger partial charge in [-0.05, 0) is 19.3 Å². The standard InChI is InChI=1S/C6H11NO/c1-5(7-8)4-6-2-3-6/h5-6H,2-4H2,1H3. The maximum absolute atomic E-state index is 9.82. The van der Waals surface area contributed by atoms with E-state index in [1.165, 1.54) is 12.8 Å². The molecule has 0 saturated heterocycles. The number of rotatable bonds is 3. The van der Waals surface area contributed by atoms with Crippen molar-refractivity contribution in [1.29, 1.82) is 0 Å². The molecule has 2 nitrogen and oxygen atoms in total. The summed E-state index contributed by atoms with van der Waals surface area (Å²) in [7, 11) is 0. The van der Waals surface area contributed by atoms with E-state index in [1.807, 2.05) is 6.92 Å². The molecule has 0 bridgehead atoms. The van der Waals surface area contributed by atoms with Gasteiger partial charge in [-0.25, -0.2) is 0 Å². The Morgan fingerprint density at radius 2 is 2.38 bits per heavy atom. The molecule has 0 N–H and O–H groups in total. The molecule has 2 heteroatoms. The average molecular weight is 113 g/mol. The molecule has 8 heavy (non-hydrogen) atoms. The molecule has 0 aliphatic heterocycles. The van der Waals surface area contributed by atoms with Gasteiger partial charge in [0.05, 0.1) is 6.04 Å². The fourth-order valence-corrected chi connectivity index (χ4v) is 0.879. The molecular weight excluding hydrogens is 102 g/mol. The summed E-state index contributed by atoms with van der Waals surface area (Å²) < 4.78 is 0. The van der Waals surface area contributed by atoms with Gasteiger partial charge in [0, 0.05) is 0 Å². The van der Waals surface area contributed by atoms with Crippen molar-refractivity contribution in [2.24, 2.45) is 11.1 Å². The van der Waals surface area contributed by atoms with Crippen molar-refractivity contribution >= 4 is 0 Å². The average Bonchev–Trinajstić information content (AvgIpc) is 2.50. The van der Waals surface area contributed by atoms with Crippen LogP contribution in [0.15, 0.2) is 5.18 Å². The molecule has 1 saturated carbocycles. The van der Waals surface area contributed by atoms with Crippen LogP contribution in [0.5, 0.6) is 0 Å². The van der Waals surface area contributed by atoms with E-state index in [4.69, 9.17) is 0 Å². The first-order valence-corrected chi connectivity index (χ1v) is 3.15. The van der Waals surface area contributed by atoms with Crippen LogP contribution in [0.1, 0.15) is 26.2 Å². The third kappa shape index (κ3) is 1.60. The number of hydrogen-bond donors (Lipinski definition) is 0. The Balaban J connectivity index is 2.06. The van der Waals surface area contributed by atoms with Crippen LogP contribution in [0.25, 0.3) is 0 Å². The fraction of sp³-hybridized carbons (Fsp3) is 1.00. The Bertz CT molecular complexity index is 88.5. The lowest BCUT2D eigenvalue weighted by Crippen LogP contribution is -1.96. The quantitative estimate of drug-likeness (QED) is 0.514. The second-order valence-electron chi connectivity index (χ2n) is 2.63. The summed E-state index contributed by atoms with van der Waals surface area (Å²) in [6.45, 7) is 1.88. The Kier molecular flexibility index (Phi) is 1.61. The van der Waals surface area contributed by atoms with Gasteiger partial charge in [0.15, 0.2) is 0 Å². The van der Waals surface area contributed by atoms with E-state index in [1.54, 1.807) is 0 Å². The molecule has 0 aromatic rings. The van der Waals surface area contributed by atoms with E-state index in [9.17, 15) is 4.91 Å². The van der Waals surface area contributed by atoms with Gasteiger partial charge in [-0.15, -0.1) is 0 Å². The first kappa shape index (κ1) is 5.73. The molecule has 1 fully saturated rings. The molecule has 1 rings (SSSR count). The zero-order valence-electron chi connectivity index (χ0n) is 5.13. The highest BCUT2D eigenvalue weighted by Crippen LogP contribution is 2.33. The molecule has 1 unspecified atom stereocenters. The van der Waals surface area contributed by atoms with Crippen molar-refractivity contribution in [3.63, 3.8) is 0 Å². The first-order chi connectivity index (χ1) is 3.83. The minimum Gasteiger partial charge on any atom is -0.151 e. The van der Waals surface area contributed by atoms with Crippen LogP contribution in [0, 0.1) is 10.8 Å². The topological polar surface area (TPSA) is 29.4 Å². The molecule has 1 aliphatic rings. The van der Waals surface area contributed by atoms with E-state index in [0.29, 0.717) is 0 Å². The molecule has 0 aromatic carbocycles. The van der Waals surface area contributed by atoms with Gasteiger partial charge in [0.1, 0.15) is 0 Å². The van der Waals surface area contributed by atoms with Crippen molar-refractivity contribution in [3.05, 3.63) is 4.91 Å². The Labute approximate surface area is 49.3 Å². The lowest BCUT2D eigenvalue weighted by Gasteiger charge is -1.95.